The monoisotopic (exact) mass is 766 g/mol. The summed E-state index contributed by atoms with van der Waals surface area (Å²) in [6, 6.07) is 64.4. The number of rotatable bonds is 2. The summed E-state index contributed by atoms with van der Waals surface area (Å²) >= 11 is 0. The van der Waals surface area contributed by atoms with Gasteiger partial charge < -0.3 is 18.6 Å². The minimum Gasteiger partial charge on any atom is -0.456 e. The minimum absolute atomic E-state index is 0.0402. The molecular weight excluding hydrogens is 731 g/mol. The normalized spacial score (nSPS) is 14.5. The summed E-state index contributed by atoms with van der Waals surface area (Å²) in [5.41, 5.74) is 19.3. The fourth-order valence-corrected chi connectivity index (χ4v) is 11.2. The highest BCUT2D eigenvalue weighted by Crippen LogP contribution is 2.54. The average molecular weight is 767 g/mol. The van der Waals surface area contributed by atoms with Crippen molar-refractivity contribution in [2.75, 3.05) is 9.80 Å². The smallest absolute Gasteiger partial charge is 0.252 e. The first kappa shape index (κ1) is 32.5. The molecule has 0 radical (unpaired) electrons. The van der Waals surface area contributed by atoms with Crippen LogP contribution in [0.2, 0.25) is 0 Å². The number of nitrogens with zero attached hydrogens (tertiary/aromatic N) is 2. The summed E-state index contributed by atoms with van der Waals surface area (Å²) < 4.78 is 13.7. The molecule has 5 heteroatoms. The Labute approximate surface area is 346 Å². The first-order chi connectivity index (χ1) is 29.5. The molecule has 11 aromatic rings. The molecule has 4 heterocycles. The molecule has 280 valence electrons. The number of benzene rings is 9. The molecule has 4 nitrogen and oxygen atoms in total. The van der Waals surface area contributed by atoms with Crippen LogP contribution in [0.5, 0.6) is 0 Å². The summed E-state index contributed by atoms with van der Waals surface area (Å²) in [6.07, 6.45) is 0. The molecule has 60 heavy (non-hydrogen) atoms. The van der Waals surface area contributed by atoms with E-state index in [0.717, 1.165) is 60.9 Å². The van der Waals surface area contributed by atoms with Gasteiger partial charge in [-0.25, -0.2) is 0 Å². The molecule has 0 N–H and O–H groups in total. The van der Waals surface area contributed by atoms with Gasteiger partial charge >= 0.3 is 0 Å². The Kier molecular flexibility index (Phi) is 6.15. The second-order valence-electron chi connectivity index (χ2n) is 17.2. The quantitative estimate of drug-likeness (QED) is 0.164. The van der Waals surface area contributed by atoms with Crippen LogP contribution in [-0.2, 0) is 5.41 Å². The highest BCUT2D eigenvalue weighted by molar-refractivity contribution is 7.00. The number of fused-ring (bicyclic) bond motifs is 15. The third-order valence-corrected chi connectivity index (χ3v) is 13.8. The summed E-state index contributed by atoms with van der Waals surface area (Å²) in [5.74, 6) is 0. The van der Waals surface area contributed by atoms with E-state index in [-0.39, 0.29) is 12.1 Å². The zero-order chi connectivity index (χ0) is 39.4. The van der Waals surface area contributed by atoms with Gasteiger partial charge in [0.2, 0.25) is 0 Å². The molecule has 0 saturated heterocycles. The van der Waals surface area contributed by atoms with Crippen LogP contribution in [0.1, 0.15) is 25.0 Å². The number of anilines is 6. The lowest BCUT2D eigenvalue weighted by molar-refractivity contribution is 0.620. The van der Waals surface area contributed by atoms with Crippen molar-refractivity contribution >= 4 is 112 Å². The van der Waals surface area contributed by atoms with E-state index >= 15 is 0 Å². The van der Waals surface area contributed by atoms with Crippen molar-refractivity contribution < 1.29 is 8.83 Å². The van der Waals surface area contributed by atoms with Crippen molar-refractivity contribution in [2.24, 2.45) is 0 Å². The number of para-hydroxylation sites is 3. The van der Waals surface area contributed by atoms with Gasteiger partial charge in [0.05, 0.1) is 5.69 Å². The molecule has 9 aromatic carbocycles. The number of hydrogen-bond donors (Lipinski definition) is 0. The van der Waals surface area contributed by atoms with Gasteiger partial charge in [-0.3, -0.25) is 0 Å². The molecule has 0 saturated carbocycles. The maximum atomic E-state index is 7.25. The number of furan rings is 2. The third-order valence-electron chi connectivity index (χ3n) is 13.8. The molecule has 0 unspecified atom stereocenters. The van der Waals surface area contributed by atoms with Gasteiger partial charge in [-0.15, -0.1) is 0 Å². The van der Waals surface area contributed by atoms with Crippen LogP contribution >= 0.6 is 0 Å². The van der Waals surface area contributed by atoms with Crippen LogP contribution in [0, 0.1) is 0 Å². The van der Waals surface area contributed by atoms with Gasteiger partial charge in [-0.05, 0) is 111 Å². The van der Waals surface area contributed by atoms with Gasteiger partial charge in [0.1, 0.15) is 16.7 Å². The van der Waals surface area contributed by atoms with Crippen molar-refractivity contribution in [2.45, 2.75) is 19.3 Å². The fourth-order valence-electron chi connectivity index (χ4n) is 11.2. The lowest BCUT2D eigenvalue weighted by Crippen LogP contribution is -2.61. The second kappa shape index (κ2) is 11.4. The molecule has 0 spiro atoms. The van der Waals surface area contributed by atoms with E-state index in [1.54, 1.807) is 0 Å². The van der Waals surface area contributed by atoms with E-state index in [1.807, 2.05) is 0 Å². The van der Waals surface area contributed by atoms with E-state index in [4.69, 9.17) is 8.83 Å². The maximum Gasteiger partial charge on any atom is 0.252 e. The fraction of sp³-hybridized carbons (Fsp3) is 0.0545. The van der Waals surface area contributed by atoms with Crippen LogP contribution in [0.25, 0.3) is 65.8 Å². The molecular formula is C55H35BN2O2. The van der Waals surface area contributed by atoms with E-state index in [9.17, 15) is 0 Å². The van der Waals surface area contributed by atoms with Crippen molar-refractivity contribution in [3.63, 3.8) is 0 Å². The summed E-state index contributed by atoms with van der Waals surface area (Å²) in [5, 5.41) is 6.90. The van der Waals surface area contributed by atoms with Gasteiger partial charge in [0.15, 0.2) is 5.58 Å². The zero-order valence-electron chi connectivity index (χ0n) is 33.0. The lowest BCUT2D eigenvalue weighted by Gasteiger charge is -2.43. The average Bonchev–Trinajstić information content (AvgIpc) is 3.92. The lowest BCUT2D eigenvalue weighted by atomic mass is 9.33. The van der Waals surface area contributed by atoms with Crippen molar-refractivity contribution in [1.82, 2.24) is 0 Å². The van der Waals surface area contributed by atoms with Crippen LogP contribution in [0.4, 0.5) is 34.1 Å². The maximum absolute atomic E-state index is 7.25. The molecule has 2 aromatic heterocycles. The van der Waals surface area contributed by atoms with Crippen LogP contribution in [-0.4, -0.2) is 6.71 Å². The topological polar surface area (TPSA) is 32.8 Å². The third kappa shape index (κ3) is 4.06. The van der Waals surface area contributed by atoms with E-state index in [0.29, 0.717) is 0 Å². The van der Waals surface area contributed by atoms with Gasteiger partial charge in [0.25, 0.3) is 6.71 Å². The SMILES string of the molecule is CC1(C)c2ccccc2-c2ccc3c(oc4c(N5c6ccccc6B6c7ccccc7N(c7ccc8oc9cc%10ccccc%10cc9c8c7)c7cccc5c76)cccc43)c21. The van der Waals surface area contributed by atoms with E-state index in [1.165, 1.54) is 66.5 Å². The van der Waals surface area contributed by atoms with Crippen molar-refractivity contribution in [3.05, 3.63) is 187 Å². The van der Waals surface area contributed by atoms with Crippen molar-refractivity contribution in [3.8, 4) is 11.1 Å². The number of hydrogen-bond acceptors (Lipinski definition) is 4. The Hall–Kier alpha value is -7.50. The summed E-state index contributed by atoms with van der Waals surface area (Å²) in [6.45, 7) is 4.71. The Balaban J connectivity index is 1.01. The minimum atomic E-state index is -0.195. The molecule has 0 amide bonds. The van der Waals surface area contributed by atoms with Crippen LogP contribution in [0.3, 0.4) is 0 Å². The molecule has 0 atom stereocenters. The van der Waals surface area contributed by atoms with Crippen molar-refractivity contribution in [1.29, 1.82) is 0 Å². The van der Waals surface area contributed by atoms with E-state index in [2.05, 4.69) is 200 Å². The standard InChI is InChI=1S/C55H35BN2O2/c1-55(2)41-17-6-5-15-35(41)36-26-27-38-37-16-11-24-48(53(37)60-54(38)51(36)55)58-45-21-10-8-19-43(45)56-42-18-7-9-20-44(42)57(46-22-12-23-47(58)52(46)56)34-25-28-49-40(31-34)39-29-32-13-3-4-14-33(32)30-50(39)59-49/h3-31H,1-2H3. The molecule has 3 aliphatic rings. The van der Waals surface area contributed by atoms with Crippen LogP contribution in [0.15, 0.2) is 185 Å². The van der Waals surface area contributed by atoms with Crippen LogP contribution < -0.4 is 26.2 Å². The molecule has 2 aliphatic heterocycles. The predicted octanol–water partition coefficient (Wildman–Crippen LogP) is 13.0. The highest BCUT2D eigenvalue weighted by atomic mass is 16.3. The van der Waals surface area contributed by atoms with E-state index < -0.39 is 0 Å². The predicted molar refractivity (Wildman–Crippen MR) is 250 cm³/mol. The zero-order valence-corrected chi connectivity index (χ0v) is 33.0. The van der Waals surface area contributed by atoms with Gasteiger partial charge in [-0.2, -0.15) is 0 Å². The first-order valence-electron chi connectivity index (χ1n) is 20.9. The highest BCUT2D eigenvalue weighted by Gasteiger charge is 2.44. The molecule has 14 rings (SSSR count). The molecule has 1 aliphatic carbocycles. The molecule has 0 fully saturated rings. The summed E-state index contributed by atoms with van der Waals surface area (Å²) in [4.78, 5) is 4.92. The summed E-state index contributed by atoms with van der Waals surface area (Å²) in [7, 11) is 0. The van der Waals surface area contributed by atoms with Gasteiger partial charge in [-0.1, -0.05) is 123 Å². The Bertz CT molecular complexity index is 3690. The van der Waals surface area contributed by atoms with Gasteiger partial charge in [0, 0.05) is 61.0 Å². The second-order valence-corrected chi connectivity index (χ2v) is 17.2. The Morgan fingerprint density at radius 1 is 0.433 bits per heavy atom. The first-order valence-corrected chi connectivity index (χ1v) is 20.9. The Morgan fingerprint density at radius 3 is 1.90 bits per heavy atom. The molecule has 0 bridgehead atoms. The Morgan fingerprint density at radius 2 is 1.07 bits per heavy atom. The largest absolute Gasteiger partial charge is 0.456 e.